The fraction of sp³-hybridized carbons (Fsp3) is 0.0500. The lowest BCUT2D eigenvalue weighted by molar-refractivity contribution is 0.102. The van der Waals surface area contributed by atoms with Gasteiger partial charge in [-0.1, -0.05) is 89.3 Å². The number of benzene rings is 3. The molecular weight excluding hydrogens is 398 g/mol. The molecular formula is C20H14ClN3OS2. The van der Waals surface area contributed by atoms with Gasteiger partial charge in [-0.3, -0.25) is 10.1 Å². The molecule has 0 atom stereocenters. The van der Waals surface area contributed by atoms with Crippen molar-refractivity contribution in [3.8, 4) is 0 Å². The van der Waals surface area contributed by atoms with Crippen LogP contribution in [0.3, 0.4) is 0 Å². The number of fused-ring (bicyclic) bond motifs is 1. The minimum atomic E-state index is -0.289. The molecule has 0 spiro atoms. The Balaban J connectivity index is 1.44. The molecule has 3 aromatic carbocycles. The van der Waals surface area contributed by atoms with Gasteiger partial charge in [-0.15, -0.1) is 10.2 Å². The van der Waals surface area contributed by atoms with Gasteiger partial charge in [-0.2, -0.15) is 0 Å². The van der Waals surface area contributed by atoms with E-state index < -0.39 is 0 Å². The molecule has 134 valence electrons. The lowest BCUT2D eigenvalue weighted by Crippen LogP contribution is -2.12. The number of thioether (sulfide) groups is 1. The van der Waals surface area contributed by atoms with Crippen LogP contribution in [0.25, 0.3) is 10.8 Å². The summed E-state index contributed by atoms with van der Waals surface area (Å²) in [5.74, 6) is 0.497. The number of nitrogens with one attached hydrogen (secondary N) is 1. The van der Waals surface area contributed by atoms with Gasteiger partial charge in [-0.25, -0.2) is 0 Å². The minimum absolute atomic E-state index is 0.289. The van der Waals surface area contributed by atoms with Gasteiger partial charge in [-0.05, 0) is 28.5 Å². The Bertz CT molecular complexity index is 1110. The highest BCUT2D eigenvalue weighted by atomic mass is 35.5. The van der Waals surface area contributed by atoms with Gasteiger partial charge in [0.05, 0.1) is 10.6 Å². The molecule has 4 nitrogen and oxygen atoms in total. The first-order valence-corrected chi connectivity index (χ1v) is 10.4. The van der Waals surface area contributed by atoms with Crippen LogP contribution < -0.4 is 5.32 Å². The van der Waals surface area contributed by atoms with Gasteiger partial charge in [0.25, 0.3) is 5.91 Å². The second-order valence-electron chi connectivity index (χ2n) is 5.73. The molecule has 0 aliphatic carbocycles. The molecule has 1 amide bonds. The third-order valence-corrected chi connectivity index (χ3v) is 6.33. The van der Waals surface area contributed by atoms with E-state index in [1.54, 1.807) is 36.0 Å². The maximum absolute atomic E-state index is 12.3. The summed E-state index contributed by atoms with van der Waals surface area (Å²) >= 11 is 9.01. The number of halogens is 1. The monoisotopic (exact) mass is 411 g/mol. The van der Waals surface area contributed by atoms with Crippen LogP contribution in [0.15, 0.2) is 71.1 Å². The van der Waals surface area contributed by atoms with Gasteiger partial charge in [0.1, 0.15) is 0 Å². The Kier molecular flexibility index (Phi) is 5.38. The Morgan fingerprint density at radius 3 is 2.67 bits per heavy atom. The van der Waals surface area contributed by atoms with Gasteiger partial charge >= 0.3 is 0 Å². The second kappa shape index (κ2) is 8.08. The van der Waals surface area contributed by atoms with Gasteiger partial charge < -0.3 is 0 Å². The Labute approximate surface area is 169 Å². The number of nitrogens with zero attached hydrogens (tertiary/aromatic N) is 2. The van der Waals surface area contributed by atoms with Crippen LogP contribution in [0.1, 0.15) is 15.9 Å². The molecule has 0 aliphatic heterocycles. The van der Waals surface area contributed by atoms with Crippen molar-refractivity contribution in [2.75, 3.05) is 5.32 Å². The quantitative estimate of drug-likeness (QED) is 0.328. The van der Waals surface area contributed by atoms with E-state index in [1.165, 1.54) is 27.7 Å². The molecule has 7 heteroatoms. The molecule has 0 aliphatic rings. The summed E-state index contributed by atoms with van der Waals surface area (Å²) in [4.78, 5) is 12.3. The first-order chi connectivity index (χ1) is 13.2. The highest BCUT2D eigenvalue weighted by molar-refractivity contribution is 8.00. The summed E-state index contributed by atoms with van der Waals surface area (Å²) in [7, 11) is 0. The molecule has 0 bridgehead atoms. The highest BCUT2D eigenvalue weighted by Gasteiger charge is 2.13. The van der Waals surface area contributed by atoms with Crippen molar-refractivity contribution in [1.82, 2.24) is 10.2 Å². The number of amides is 1. The van der Waals surface area contributed by atoms with Crippen molar-refractivity contribution in [2.45, 2.75) is 10.1 Å². The Morgan fingerprint density at radius 1 is 1.00 bits per heavy atom. The number of carbonyl (C=O) groups excluding carboxylic acids is 1. The summed E-state index contributed by atoms with van der Waals surface area (Å²) in [6.07, 6.45) is 0. The van der Waals surface area contributed by atoms with Gasteiger partial charge in [0.15, 0.2) is 4.34 Å². The number of hydrogen-bond donors (Lipinski definition) is 1. The smallest absolute Gasteiger partial charge is 0.259 e. The summed E-state index contributed by atoms with van der Waals surface area (Å²) in [5, 5.41) is 14.3. The summed E-state index contributed by atoms with van der Waals surface area (Å²) in [6, 6.07) is 21.5. The van der Waals surface area contributed by atoms with Crippen LogP contribution in [0.2, 0.25) is 5.02 Å². The van der Waals surface area contributed by atoms with Crippen molar-refractivity contribution in [3.63, 3.8) is 0 Å². The average Bonchev–Trinajstić information content (AvgIpc) is 3.14. The van der Waals surface area contributed by atoms with Crippen LogP contribution in [0.5, 0.6) is 0 Å². The van der Waals surface area contributed by atoms with E-state index in [2.05, 4.69) is 45.8 Å². The molecule has 0 radical (unpaired) electrons. The number of anilines is 1. The molecule has 0 fully saturated rings. The van der Waals surface area contributed by atoms with Crippen molar-refractivity contribution in [2.24, 2.45) is 0 Å². The molecule has 4 aromatic rings. The minimum Gasteiger partial charge on any atom is -0.296 e. The average molecular weight is 412 g/mol. The fourth-order valence-corrected chi connectivity index (χ4v) is 4.66. The maximum Gasteiger partial charge on any atom is 0.259 e. The summed E-state index contributed by atoms with van der Waals surface area (Å²) < 4.78 is 0.803. The van der Waals surface area contributed by atoms with Crippen LogP contribution in [0, 0.1) is 0 Å². The van der Waals surface area contributed by atoms with Crippen molar-refractivity contribution in [3.05, 3.63) is 82.9 Å². The van der Waals surface area contributed by atoms with Crippen LogP contribution in [-0.2, 0) is 5.75 Å². The van der Waals surface area contributed by atoms with E-state index in [0.29, 0.717) is 15.7 Å². The number of carbonyl (C=O) groups is 1. The maximum atomic E-state index is 12.3. The van der Waals surface area contributed by atoms with E-state index in [-0.39, 0.29) is 5.91 Å². The molecule has 4 rings (SSSR count). The van der Waals surface area contributed by atoms with E-state index in [1.807, 2.05) is 12.1 Å². The highest BCUT2D eigenvalue weighted by Crippen LogP contribution is 2.31. The summed E-state index contributed by atoms with van der Waals surface area (Å²) in [6.45, 7) is 0. The standard InChI is InChI=1S/C20H14ClN3OS2/c21-17-11-4-3-10-16(17)18(25)22-19-23-24-20(27-19)26-12-14-8-5-7-13-6-1-2-9-15(13)14/h1-11H,12H2,(H,22,23,25). The number of aromatic nitrogens is 2. The summed E-state index contributed by atoms with van der Waals surface area (Å²) in [5.41, 5.74) is 1.66. The van der Waals surface area contributed by atoms with Crippen LogP contribution in [-0.4, -0.2) is 16.1 Å². The van der Waals surface area contributed by atoms with Crippen molar-refractivity contribution < 1.29 is 4.79 Å². The second-order valence-corrected chi connectivity index (χ2v) is 8.34. The largest absolute Gasteiger partial charge is 0.296 e. The third-order valence-electron chi connectivity index (χ3n) is 3.98. The topological polar surface area (TPSA) is 54.9 Å². The Hall–Kier alpha value is -2.41. The van der Waals surface area contributed by atoms with E-state index in [4.69, 9.17) is 11.6 Å². The zero-order chi connectivity index (χ0) is 18.6. The SMILES string of the molecule is O=C(Nc1nnc(SCc2cccc3ccccc23)s1)c1ccccc1Cl. The van der Waals surface area contributed by atoms with E-state index in [9.17, 15) is 4.79 Å². The molecule has 27 heavy (non-hydrogen) atoms. The van der Waals surface area contributed by atoms with E-state index >= 15 is 0 Å². The Morgan fingerprint density at radius 2 is 1.78 bits per heavy atom. The lowest BCUT2D eigenvalue weighted by Gasteiger charge is -2.04. The third kappa shape index (κ3) is 4.13. The number of hydrogen-bond acceptors (Lipinski definition) is 5. The molecule has 0 saturated carbocycles. The van der Waals surface area contributed by atoms with Crippen molar-refractivity contribution in [1.29, 1.82) is 0 Å². The normalized spacial score (nSPS) is 10.9. The molecule has 1 aromatic heterocycles. The molecule has 0 saturated heterocycles. The first-order valence-electron chi connectivity index (χ1n) is 8.19. The van der Waals surface area contributed by atoms with Gasteiger partial charge in [0, 0.05) is 5.75 Å². The van der Waals surface area contributed by atoms with Crippen LogP contribution >= 0.6 is 34.7 Å². The first kappa shape index (κ1) is 18.0. The molecule has 1 N–H and O–H groups in total. The predicted octanol–water partition coefficient (Wildman–Crippen LogP) is 5.89. The van der Waals surface area contributed by atoms with Crippen LogP contribution in [0.4, 0.5) is 5.13 Å². The van der Waals surface area contributed by atoms with Gasteiger partial charge in [0.2, 0.25) is 5.13 Å². The van der Waals surface area contributed by atoms with E-state index in [0.717, 1.165) is 10.1 Å². The fourth-order valence-electron chi connectivity index (χ4n) is 2.69. The lowest BCUT2D eigenvalue weighted by atomic mass is 10.1. The zero-order valence-corrected chi connectivity index (χ0v) is 16.4. The molecule has 0 unspecified atom stereocenters. The predicted molar refractivity (Wildman–Crippen MR) is 113 cm³/mol. The number of rotatable bonds is 5. The van der Waals surface area contributed by atoms with Crippen molar-refractivity contribution >= 4 is 56.5 Å². The molecule has 1 heterocycles. The zero-order valence-electron chi connectivity index (χ0n) is 14.1.